The molecule has 1 heterocycles. The van der Waals surface area contributed by atoms with E-state index in [-0.39, 0.29) is 12.5 Å². The van der Waals surface area contributed by atoms with Crippen molar-refractivity contribution in [1.29, 1.82) is 0 Å². The highest BCUT2D eigenvalue weighted by atomic mass is 35.5. The lowest BCUT2D eigenvalue weighted by Crippen LogP contribution is -2.20. The first-order valence-corrected chi connectivity index (χ1v) is 6.48. The van der Waals surface area contributed by atoms with Crippen LogP contribution in [-0.4, -0.2) is 15.7 Å². The molecular formula is C13H13Cl2N3O. The predicted octanol–water partition coefficient (Wildman–Crippen LogP) is 3.45. The molecule has 0 fully saturated rings. The number of nitrogens with zero attached hydrogens (tertiary/aromatic N) is 2. The SMILES string of the molecule is Cc1nn(CC(=O)Nc2cccc(Cl)c2)c(C)c1Cl. The molecule has 2 aromatic rings. The van der Waals surface area contributed by atoms with Gasteiger partial charge in [-0.1, -0.05) is 29.3 Å². The van der Waals surface area contributed by atoms with Crippen LogP contribution in [0.2, 0.25) is 10.0 Å². The van der Waals surface area contributed by atoms with E-state index in [0.29, 0.717) is 15.7 Å². The van der Waals surface area contributed by atoms with Crippen molar-refractivity contribution in [2.75, 3.05) is 5.32 Å². The average Bonchev–Trinajstić information content (AvgIpc) is 2.57. The molecule has 0 atom stereocenters. The van der Waals surface area contributed by atoms with Crippen molar-refractivity contribution in [3.63, 3.8) is 0 Å². The molecule has 0 radical (unpaired) electrons. The number of carbonyl (C=O) groups is 1. The molecule has 0 saturated heterocycles. The number of aromatic nitrogens is 2. The summed E-state index contributed by atoms with van der Waals surface area (Å²) in [5.74, 6) is -0.176. The van der Waals surface area contributed by atoms with Crippen molar-refractivity contribution >= 4 is 34.8 Å². The second-order valence-electron chi connectivity index (χ2n) is 4.20. The minimum absolute atomic E-state index is 0.117. The first-order valence-electron chi connectivity index (χ1n) is 5.72. The number of hydrogen-bond donors (Lipinski definition) is 1. The molecule has 1 amide bonds. The standard InChI is InChI=1S/C13H13Cl2N3O/c1-8-13(15)9(2)18(17-8)7-12(19)16-11-5-3-4-10(14)6-11/h3-6H,7H2,1-2H3,(H,16,19). The summed E-state index contributed by atoms with van der Waals surface area (Å²) in [5, 5.41) is 8.14. The third-order valence-corrected chi connectivity index (χ3v) is 3.48. The van der Waals surface area contributed by atoms with Gasteiger partial charge in [0.05, 0.1) is 16.4 Å². The monoisotopic (exact) mass is 297 g/mol. The highest BCUT2D eigenvalue weighted by Crippen LogP contribution is 2.19. The van der Waals surface area contributed by atoms with Crippen molar-refractivity contribution in [1.82, 2.24) is 9.78 Å². The van der Waals surface area contributed by atoms with Crippen LogP contribution in [-0.2, 0) is 11.3 Å². The van der Waals surface area contributed by atoms with Crippen LogP contribution in [0.15, 0.2) is 24.3 Å². The third-order valence-electron chi connectivity index (χ3n) is 2.69. The van der Waals surface area contributed by atoms with Gasteiger partial charge in [-0.05, 0) is 32.0 Å². The van der Waals surface area contributed by atoms with Crippen molar-refractivity contribution in [3.05, 3.63) is 45.7 Å². The molecule has 2 rings (SSSR count). The smallest absolute Gasteiger partial charge is 0.246 e. The molecule has 0 spiro atoms. The van der Waals surface area contributed by atoms with E-state index >= 15 is 0 Å². The molecule has 100 valence electrons. The van der Waals surface area contributed by atoms with Crippen LogP contribution in [0.4, 0.5) is 5.69 Å². The van der Waals surface area contributed by atoms with E-state index in [1.807, 2.05) is 6.92 Å². The molecule has 0 aliphatic heterocycles. The summed E-state index contributed by atoms with van der Waals surface area (Å²) in [6.45, 7) is 3.75. The van der Waals surface area contributed by atoms with Gasteiger partial charge in [0.1, 0.15) is 6.54 Å². The molecule has 6 heteroatoms. The van der Waals surface area contributed by atoms with Gasteiger partial charge in [-0.15, -0.1) is 0 Å². The fourth-order valence-corrected chi connectivity index (χ4v) is 2.06. The van der Waals surface area contributed by atoms with Gasteiger partial charge in [-0.2, -0.15) is 5.10 Å². The molecule has 4 nitrogen and oxygen atoms in total. The van der Waals surface area contributed by atoms with Crippen molar-refractivity contribution in [2.24, 2.45) is 0 Å². The Morgan fingerprint density at radius 1 is 1.37 bits per heavy atom. The Morgan fingerprint density at radius 2 is 2.11 bits per heavy atom. The lowest BCUT2D eigenvalue weighted by atomic mass is 10.3. The zero-order valence-electron chi connectivity index (χ0n) is 10.6. The molecule has 0 saturated carbocycles. The maximum Gasteiger partial charge on any atom is 0.246 e. The van der Waals surface area contributed by atoms with Crippen LogP contribution >= 0.6 is 23.2 Å². The molecule has 0 bridgehead atoms. The lowest BCUT2D eigenvalue weighted by Gasteiger charge is -2.07. The Balaban J connectivity index is 2.07. The van der Waals surface area contributed by atoms with E-state index in [4.69, 9.17) is 23.2 Å². The summed E-state index contributed by atoms with van der Waals surface area (Å²) in [4.78, 5) is 11.9. The number of halogens is 2. The van der Waals surface area contributed by atoms with Gasteiger partial charge in [-0.3, -0.25) is 9.48 Å². The van der Waals surface area contributed by atoms with Crippen molar-refractivity contribution < 1.29 is 4.79 Å². The van der Waals surface area contributed by atoms with Crippen LogP contribution in [0.5, 0.6) is 0 Å². The topological polar surface area (TPSA) is 46.9 Å². The van der Waals surface area contributed by atoms with Gasteiger partial charge >= 0.3 is 0 Å². The van der Waals surface area contributed by atoms with Gasteiger partial charge in [-0.25, -0.2) is 0 Å². The highest BCUT2D eigenvalue weighted by Gasteiger charge is 2.12. The van der Waals surface area contributed by atoms with Crippen LogP contribution in [0.3, 0.4) is 0 Å². The second-order valence-corrected chi connectivity index (χ2v) is 5.02. The Bertz CT molecular complexity index is 622. The van der Waals surface area contributed by atoms with Crippen molar-refractivity contribution in [3.8, 4) is 0 Å². The lowest BCUT2D eigenvalue weighted by molar-refractivity contribution is -0.116. The van der Waals surface area contributed by atoms with Crippen LogP contribution in [0.25, 0.3) is 0 Å². The van der Waals surface area contributed by atoms with E-state index in [9.17, 15) is 4.79 Å². The van der Waals surface area contributed by atoms with E-state index in [1.165, 1.54) is 0 Å². The van der Waals surface area contributed by atoms with Crippen LogP contribution in [0, 0.1) is 13.8 Å². The molecule has 0 aliphatic carbocycles. The minimum atomic E-state index is -0.176. The number of rotatable bonds is 3. The minimum Gasteiger partial charge on any atom is -0.324 e. The number of aryl methyl sites for hydroxylation is 1. The average molecular weight is 298 g/mol. The summed E-state index contributed by atoms with van der Waals surface area (Å²) >= 11 is 11.9. The van der Waals surface area contributed by atoms with Crippen LogP contribution < -0.4 is 5.32 Å². The van der Waals surface area contributed by atoms with Gasteiger partial charge in [0, 0.05) is 10.7 Å². The van der Waals surface area contributed by atoms with Gasteiger partial charge in [0.15, 0.2) is 0 Å². The third kappa shape index (κ3) is 3.28. The summed E-state index contributed by atoms with van der Waals surface area (Å²) < 4.78 is 1.58. The number of hydrogen-bond acceptors (Lipinski definition) is 2. The number of benzene rings is 1. The van der Waals surface area contributed by atoms with Gasteiger partial charge in [0.25, 0.3) is 0 Å². The molecule has 0 aliphatic rings. The molecular weight excluding hydrogens is 285 g/mol. The summed E-state index contributed by atoms with van der Waals surface area (Å²) in [7, 11) is 0. The zero-order chi connectivity index (χ0) is 14.0. The molecule has 19 heavy (non-hydrogen) atoms. The maximum absolute atomic E-state index is 11.9. The van der Waals surface area contributed by atoms with E-state index in [0.717, 1.165) is 11.4 Å². The van der Waals surface area contributed by atoms with E-state index in [1.54, 1.807) is 35.9 Å². The molecule has 1 N–H and O–H groups in total. The second kappa shape index (κ2) is 5.63. The molecule has 1 aromatic carbocycles. The Labute approximate surface area is 121 Å². The first kappa shape index (κ1) is 13.9. The van der Waals surface area contributed by atoms with Crippen molar-refractivity contribution in [2.45, 2.75) is 20.4 Å². The number of carbonyl (C=O) groups excluding carboxylic acids is 1. The summed E-state index contributed by atoms with van der Waals surface area (Å²) in [6, 6.07) is 6.99. The quantitative estimate of drug-likeness (QED) is 0.943. The Morgan fingerprint density at radius 3 is 2.68 bits per heavy atom. The van der Waals surface area contributed by atoms with E-state index < -0.39 is 0 Å². The normalized spacial score (nSPS) is 10.5. The highest BCUT2D eigenvalue weighted by molar-refractivity contribution is 6.31. The fourth-order valence-electron chi connectivity index (χ4n) is 1.73. The maximum atomic E-state index is 11.9. The Hall–Kier alpha value is -1.52. The summed E-state index contributed by atoms with van der Waals surface area (Å²) in [5.41, 5.74) is 2.15. The first-order chi connectivity index (χ1) is 8.97. The van der Waals surface area contributed by atoms with E-state index in [2.05, 4.69) is 10.4 Å². The molecule has 0 unspecified atom stereocenters. The van der Waals surface area contributed by atoms with Gasteiger partial charge < -0.3 is 5.32 Å². The fraction of sp³-hybridized carbons (Fsp3) is 0.231. The number of amides is 1. The largest absolute Gasteiger partial charge is 0.324 e. The molecule has 1 aromatic heterocycles. The zero-order valence-corrected chi connectivity index (χ0v) is 12.1. The predicted molar refractivity (Wildman–Crippen MR) is 76.8 cm³/mol. The summed E-state index contributed by atoms with van der Waals surface area (Å²) in [6.07, 6.45) is 0. The number of anilines is 1. The van der Waals surface area contributed by atoms with Crippen LogP contribution in [0.1, 0.15) is 11.4 Å². The number of nitrogens with one attached hydrogen (secondary N) is 1. The Kier molecular flexibility index (Phi) is 4.12. The van der Waals surface area contributed by atoms with Gasteiger partial charge in [0.2, 0.25) is 5.91 Å².